The van der Waals surface area contributed by atoms with Crippen LogP contribution in [0.1, 0.15) is 21.5 Å². The van der Waals surface area contributed by atoms with Crippen molar-refractivity contribution < 1.29 is 14.3 Å². The van der Waals surface area contributed by atoms with Gasteiger partial charge in [0, 0.05) is 56.4 Å². The van der Waals surface area contributed by atoms with Gasteiger partial charge in [-0.15, -0.1) is 0 Å². The molecule has 1 aliphatic heterocycles. The molecule has 4 rings (SSSR count). The molecule has 2 aromatic carbocycles. The zero-order valence-electron chi connectivity index (χ0n) is 17.9. The Labute approximate surface area is 181 Å². The molecule has 1 fully saturated rings. The molecule has 2 heterocycles. The third-order valence-corrected chi connectivity index (χ3v) is 5.79. The molecule has 0 aliphatic carbocycles. The van der Waals surface area contributed by atoms with Gasteiger partial charge in [-0.1, -0.05) is 18.2 Å². The van der Waals surface area contributed by atoms with Crippen LogP contribution in [0.4, 0.5) is 0 Å². The highest BCUT2D eigenvalue weighted by Gasteiger charge is 2.18. The maximum atomic E-state index is 12.5. The zero-order chi connectivity index (χ0) is 21.8. The molecular weight excluding hydrogens is 394 g/mol. The number of hydrogen-bond acceptors (Lipinski definition) is 6. The zero-order valence-corrected chi connectivity index (χ0v) is 17.9. The number of ether oxygens (including phenoxy) is 2. The van der Waals surface area contributed by atoms with Crippen molar-refractivity contribution in [3.05, 3.63) is 75.6 Å². The molecule has 1 aliphatic rings. The number of aromatic nitrogens is 1. The van der Waals surface area contributed by atoms with E-state index in [4.69, 9.17) is 4.74 Å². The van der Waals surface area contributed by atoms with Gasteiger partial charge in [0.05, 0.1) is 14.2 Å². The molecule has 31 heavy (non-hydrogen) atoms. The quantitative estimate of drug-likeness (QED) is 0.617. The lowest BCUT2D eigenvalue weighted by atomic mass is 10.1. The first-order valence-electron chi connectivity index (χ1n) is 10.4. The fraction of sp³-hybridized carbons (Fsp3) is 0.333. The predicted molar refractivity (Wildman–Crippen MR) is 119 cm³/mol. The lowest BCUT2D eigenvalue weighted by Crippen LogP contribution is -2.45. The summed E-state index contributed by atoms with van der Waals surface area (Å²) in [6.07, 6.45) is 1.43. The number of esters is 1. The highest BCUT2D eigenvalue weighted by molar-refractivity contribution is 5.93. The number of aromatic amines is 1. The third kappa shape index (κ3) is 4.78. The topological polar surface area (TPSA) is 74.9 Å². The Morgan fingerprint density at radius 1 is 0.935 bits per heavy atom. The second-order valence-electron chi connectivity index (χ2n) is 7.80. The van der Waals surface area contributed by atoms with Gasteiger partial charge in [-0.2, -0.15) is 0 Å². The van der Waals surface area contributed by atoms with Crippen molar-refractivity contribution >= 4 is 16.9 Å². The molecule has 0 amide bonds. The summed E-state index contributed by atoms with van der Waals surface area (Å²) in [5.74, 6) is 0.256. The molecule has 162 valence electrons. The van der Waals surface area contributed by atoms with Crippen LogP contribution in [0.25, 0.3) is 10.9 Å². The lowest BCUT2D eigenvalue weighted by Gasteiger charge is -2.34. The van der Waals surface area contributed by atoms with Crippen LogP contribution in [-0.4, -0.2) is 61.2 Å². The van der Waals surface area contributed by atoms with E-state index in [2.05, 4.69) is 31.7 Å². The predicted octanol–water partition coefficient (Wildman–Crippen LogP) is 2.64. The van der Waals surface area contributed by atoms with Gasteiger partial charge in [-0.05, 0) is 35.4 Å². The summed E-state index contributed by atoms with van der Waals surface area (Å²) in [6.45, 7) is 5.78. The monoisotopic (exact) mass is 421 g/mol. The molecule has 1 N–H and O–H groups in total. The Bertz CT molecular complexity index is 1120. The number of rotatable bonds is 6. The molecule has 0 spiro atoms. The minimum absolute atomic E-state index is 0.0238. The Kier molecular flexibility index (Phi) is 6.34. The number of benzene rings is 2. The van der Waals surface area contributed by atoms with Crippen molar-refractivity contribution in [3.63, 3.8) is 0 Å². The number of hydrogen-bond donors (Lipinski definition) is 1. The normalized spacial score (nSPS) is 15.2. The average molecular weight is 421 g/mol. The van der Waals surface area contributed by atoms with E-state index in [1.807, 2.05) is 24.3 Å². The van der Waals surface area contributed by atoms with Gasteiger partial charge in [0.2, 0.25) is 5.43 Å². The molecule has 1 aromatic heterocycles. The van der Waals surface area contributed by atoms with Crippen LogP contribution in [0.2, 0.25) is 0 Å². The van der Waals surface area contributed by atoms with E-state index in [1.54, 1.807) is 13.2 Å². The van der Waals surface area contributed by atoms with Gasteiger partial charge in [-0.3, -0.25) is 14.6 Å². The van der Waals surface area contributed by atoms with Gasteiger partial charge in [-0.25, -0.2) is 4.79 Å². The standard InChI is InChI=1S/C24H27N3O4/c1-30-19-6-3-17(4-7-19)15-26-9-11-27(12-10-26)16-18-5-8-20-22(13-18)25-14-21(23(20)28)24(29)31-2/h3-8,13-14H,9-12,15-16H2,1-2H3,(H,25,28). The molecular formula is C24H27N3O4. The van der Waals surface area contributed by atoms with Crippen molar-refractivity contribution in [1.29, 1.82) is 0 Å². The minimum atomic E-state index is -0.625. The van der Waals surface area contributed by atoms with Crippen LogP contribution >= 0.6 is 0 Å². The number of nitrogens with one attached hydrogen (secondary N) is 1. The first-order valence-corrected chi connectivity index (χ1v) is 10.4. The molecule has 0 saturated carbocycles. The first kappa shape index (κ1) is 21.1. The van der Waals surface area contributed by atoms with E-state index in [0.717, 1.165) is 56.1 Å². The summed E-state index contributed by atoms with van der Waals surface area (Å²) in [7, 11) is 2.95. The average Bonchev–Trinajstić information content (AvgIpc) is 2.80. The number of piperazine rings is 1. The Morgan fingerprint density at radius 3 is 2.16 bits per heavy atom. The van der Waals surface area contributed by atoms with Gasteiger partial charge in [0.1, 0.15) is 11.3 Å². The van der Waals surface area contributed by atoms with E-state index in [9.17, 15) is 9.59 Å². The third-order valence-electron chi connectivity index (χ3n) is 5.79. The number of carbonyl (C=O) groups is 1. The highest BCUT2D eigenvalue weighted by Crippen LogP contribution is 2.17. The van der Waals surface area contributed by atoms with Gasteiger partial charge < -0.3 is 14.5 Å². The molecule has 0 radical (unpaired) electrons. The lowest BCUT2D eigenvalue weighted by molar-refractivity contribution is 0.0599. The van der Waals surface area contributed by atoms with Crippen molar-refractivity contribution in [3.8, 4) is 5.75 Å². The highest BCUT2D eigenvalue weighted by atomic mass is 16.5. The van der Waals surface area contributed by atoms with Gasteiger partial charge >= 0.3 is 5.97 Å². The van der Waals surface area contributed by atoms with E-state index in [-0.39, 0.29) is 11.0 Å². The summed E-state index contributed by atoms with van der Waals surface area (Å²) < 4.78 is 9.90. The van der Waals surface area contributed by atoms with E-state index in [0.29, 0.717) is 5.39 Å². The largest absolute Gasteiger partial charge is 0.497 e. The summed E-state index contributed by atoms with van der Waals surface area (Å²) in [6, 6.07) is 14.0. The maximum Gasteiger partial charge on any atom is 0.343 e. The number of carbonyl (C=O) groups excluding carboxylic acids is 1. The first-order chi connectivity index (χ1) is 15.1. The minimum Gasteiger partial charge on any atom is -0.497 e. The van der Waals surface area contributed by atoms with Gasteiger partial charge in [0.15, 0.2) is 0 Å². The summed E-state index contributed by atoms with van der Waals surface area (Å²) in [4.78, 5) is 32.2. The summed E-state index contributed by atoms with van der Waals surface area (Å²) in [5.41, 5.74) is 2.87. The summed E-state index contributed by atoms with van der Waals surface area (Å²) in [5, 5.41) is 0.496. The van der Waals surface area contributed by atoms with Crippen molar-refractivity contribution in [2.75, 3.05) is 40.4 Å². The second kappa shape index (κ2) is 9.32. The van der Waals surface area contributed by atoms with E-state index < -0.39 is 5.97 Å². The molecule has 7 nitrogen and oxygen atoms in total. The molecule has 0 bridgehead atoms. The Balaban J connectivity index is 1.36. The van der Waals surface area contributed by atoms with Crippen LogP contribution in [0.15, 0.2) is 53.5 Å². The Morgan fingerprint density at radius 2 is 1.55 bits per heavy atom. The van der Waals surface area contributed by atoms with Crippen LogP contribution in [-0.2, 0) is 17.8 Å². The molecule has 0 atom stereocenters. The van der Waals surface area contributed by atoms with Gasteiger partial charge in [0.25, 0.3) is 0 Å². The van der Waals surface area contributed by atoms with E-state index >= 15 is 0 Å². The smallest absolute Gasteiger partial charge is 0.343 e. The van der Waals surface area contributed by atoms with E-state index in [1.165, 1.54) is 18.9 Å². The maximum absolute atomic E-state index is 12.5. The van der Waals surface area contributed by atoms with Crippen LogP contribution in [0, 0.1) is 0 Å². The van der Waals surface area contributed by atoms with Crippen LogP contribution in [0.3, 0.4) is 0 Å². The molecule has 7 heteroatoms. The van der Waals surface area contributed by atoms with Crippen LogP contribution < -0.4 is 10.2 Å². The SMILES string of the molecule is COC(=O)c1c[nH]c2cc(CN3CCN(Cc4ccc(OC)cc4)CC3)ccc2c1=O. The van der Waals surface area contributed by atoms with Crippen LogP contribution in [0.5, 0.6) is 5.75 Å². The number of fused-ring (bicyclic) bond motifs is 1. The second-order valence-corrected chi connectivity index (χ2v) is 7.80. The van der Waals surface area contributed by atoms with Crippen molar-refractivity contribution in [2.24, 2.45) is 0 Å². The number of H-pyrrole nitrogens is 1. The van der Waals surface area contributed by atoms with Crippen molar-refractivity contribution in [1.82, 2.24) is 14.8 Å². The number of pyridine rings is 1. The Hall–Kier alpha value is -3.16. The molecule has 0 unspecified atom stereocenters. The van der Waals surface area contributed by atoms with Crippen molar-refractivity contribution in [2.45, 2.75) is 13.1 Å². The fourth-order valence-electron chi connectivity index (χ4n) is 3.98. The fourth-order valence-corrected chi connectivity index (χ4v) is 3.98. The molecule has 1 saturated heterocycles. The molecule has 3 aromatic rings. The number of nitrogens with zero attached hydrogens (tertiary/aromatic N) is 2. The summed E-state index contributed by atoms with van der Waals surface area (Å²) >= 11 is 0. The number of methoxy groups -OCH3 is 2.